The zero-order valence-electron chi connectivity index (χ0n) is 11.2. The Hall–Kier alpha value is -0.730. The molecule has 0 aliphatic heterocycles. The molecule has 15 heavy (non-hydrogen) atoms. The maximum Gasteiger partial charge on any atom is 0.410 e. The van der Waals surface area contributed by atoms with E-state index in [2.05, 4.69) is 0 Å². The molecule has 0 spiro atoms. The summed E-state index contributed by atoms with van der Waals surface area (Å²) >= 11 is 0. The van der Waals surface area contributed by atoms with E-state index in [1.807, 2.05) is 48.5 Å². The average Bonchev–Trinajstić information content (AvgIpc) is 1.94. The molecule has 0 unspecified atom stereocenters. The van der Waals surface area contributed by atoms with Crippen LogP contribution in [0.15, 0.2) is 0 Å². The van der Waals surface area contributed by atoms with Gasteiger partial charge in [-0.1, -0.05) is 6.92 Å². The lowest BCUT2D eigenvalue weighted by atomic mass is 9.97. The van der Waals surface area contributed by atoms with E-state index in [0.29, 0.717) is 6.61 Å². The highest BCUT2D eigenvalue weighted by atomic mass is 16.6. The first-order chi connectivity index (χ1) is 6.60. The van der Waals surface area contributed by atoms with Crippen LogP contribution in [0, 0.1) is 0 Å². The Bertz CT molecular complexity index is 197. The van der Waals surface area contributed by atoms with Crippen LogP contribution in [0.2, 0.25) is 0 Å². The molecule has 0 bridgehead atoms. The van der Waals surface area contributed by atoms with Crippen molar-refractivity contribution in [2.45, 2.75) is 66.0 Å². The summed E-state index contributed by atoms with van der Waals surface area (Å²) in [7, 11) is 0. The summed E-state index contributed by atoms with van der Waals surface area (Å²) in [6.07, 6.45) is 0.630. The molecule has 0 aliphatic carbocycles. The van der Waals surface area contributed by atoms with Crippen molar-refractivity contribution in [1.82, 2.24) is 4.90 Å². The Morgan fingerprint density at radius 1 is 1.07 bits per heavy atom. The summed E-state index contributed by atoms with van der Waals surface area (Å²) in [5, 5.41) is 0. The molecule has 3 heteroatoms. The van der Waals surface area contributed by atoms with Crippen molar-refractivity contribution >= 4 is 6.09 Å². The molecule has 0 saturated heterocycles. The van der Waals surface area contributed by atoms with Crippen LogP contribution in [0.4, 0.5) is 4.79 Å². The van der Waals surface area contributed by atoms with E-state index >= 15 is 0 Å². The van der Waals surface area contributed by atoms with Gasteiger partial charge in [-0.15, -0.1) is 0 Å². The highest BCUT2D eigenvalue weighted by molar-refractivity contribution is 5.69. The van der Waals surface area contributed by atoms with Crippen molar-refractivity contribution in [1.29, 1.82) is 0 Å². The number of ether oxygens (including phenoxy) is 1. The van der Waals surface area contributed by atoms with E-state index in [0.717, 1.165) is 6.42 Å². The quantitative estimate of drug-likeness (QED) is 0.706. The summed E-state index contributed by atoms with van der Waals surface area (Å²) < 4.78 is 5.19. The zero-order valence-corrected chi connectivity index (χ0v) is 11.2. The third kappa shape index (κ3) is 4.54. The van der Waals surface area contributed by atoms with Gasteiger partial charge in [0.1, 0.15) is 0 Å². The lowest BCUT2D eigenvalue weighted by Gasteiger charge is -2.44. The summed E-state index contributed by atoms with van der Waals surface area (Å²) in [6, 6.07) is 0. The minimum Gasteiger partial charge on any atom is -0.449 e. The van der Waals surface area contributed by atoms with Gasteiger partial charge in [-0.05, 0) is 48.0 Å². The molecule has 0 aromatic heterocycles. The number of carbonyl (C=O) groups is 1. The molecule has 0 radical (unpaired) electrons. The first kappa shape index (κ1) is 14.3. The summed E-state index contributed by atoms with van der Waals surface area (Å²) in [6.45, 7) is 14.6. The largest absolute Gasteiger partial charge is 0.449 e. The molecule has 0 rings (SSSR count). The minimum absolute atomic E-state index is 0.219. The van der Waals surface area contributed by atoms with Crippen LogP contribution in [-0.4, -0.2) is 28.7 Å². The third-order valence-corrected chi connectivity index (χ3v) is 1.95. The van der Waals surface area contributed by atoms with Gasteiger partial charge in [0.15, 0.2) is 0 Å². The summed E-state index contributed by atoms with van der Waals surface area (Å²) in [5.41, 5.74) is -0.438. The molecule has 90 valence electrons. The Balaban J connectivity index is 4.74. The fourth-order valence-electron chi connectivity index (χ4n) is 1.81. The molecule has 0 fully saturated rings. The van der Waals surface area contributed by atoms with Crippen molar-refractivity contribution in [2.24, 2.45) is 0 Å². The molecule has 0 N–H and O–H groups in total. The number of hydrogen-bond donors (Lipinski definition) is 0. The van der Waals surface area contributed by atoms with Gasteiger partial charge in [0.05, 0.1) is 6.61 Å². The van der Waals surface area contributed by atoms with Crippen LogP contribution >= 0.6 is 0 Å². The Morgan fingerprint density at radius 2 is 1.47 bits per heavy atom. The van der Waals surface area contributed by atoms with E-state index in [4.69, 9.17) is 4.74 Å². The van der Waals surface area contributed by atoms with Crippen LogP contribution in [0.3, 0.4) is 0 Å². The first-order valence-corrected chi connectivity index (χ1v) is 5.57. The van der Waals surface area contributed by atoms with Gasteiger partial charge in [-0.3, -0.25) is 4.90 Å². The highest BCUT2D eigenvalue weighted by Crippen LogP contribution is 2.25. The van der Waals surface area contributed by atoms with Gasteiger partial charge in [-0.2, -0.15) is 0 Å². The van der Waals surface area contributed by atoms with Crippen LogP contribution in [0.5, 0.6) is 0 Å². The highest BCUT2D eigenvalue weighted by Gasteiger charge is 2.36. The van der Waals surface area contributed by atoms with Crippen molar-refractivity contribution in [3.8, 4) is 0 Å². The molecule has 0 heterocycles. The SMILES string of the molecule is CCCOC(=O)N(C(C)(C)C)C(C)(C)C. The number of rotatable bonds is 2. The summed E-state index contributed by atoms with van der Waals surface area (Å²) in [5.74, 6) is 0. The van der Waals surface area contributed by atoms with Crippen LogP contribution in [0.25, 0.3) is 0 Å². The Morgan fingerprint density at radius 3 is 1.73 bits per heavy atom. The molecular weight excluding hydrogens is 190 g/mol. The smallest absolute Gasteiger partial charge is 0.410 e. The number of hydrogen-bond acceptors (Lipinski definition) is 2. The molecule has 0 atom stereocenters. The van der Waals surface area contributed by atoms with Crippen molar-refractivity contribution < 1.29 is 9.53 Å². The van der Waals surface area contributed by atoms with E-state index in [9.17, 15) is 4.79 Å². The van der Waals surface area contributed by atoms with Gasteiger partial charge in [0.25, 0.3) is 0 Å². The van der Waals surface area contributed by atoms with Gasteiger partial charge in [0, 0.05) is 11.1 Å². The van der Waals surface area contributed by atoms with Crippen molar-refractivity contribution in [3.05, 3.63) is 0 Å². The molecule has 0 saturated carbocycles. The van der Waals surface area contributed by atoms with E-state index in [-0.39, 0.29) is 17.2 Å². The molecular formula is C12H25NO2. The zero-order chi connectivity index (χ0) is 12.3. The Labute approximate surface area is 93.8 Å². The standard InChI is InChI=1S/C12H25NO2/c1-8-9-15-10(14)13(11(2,3)4)12(5,6)7/h8-9H2,1-7H3. The monoisotopic (exact) mass is 215 g/mol. The second-order valence-corrected chi connectivity index (χ2v) is 5.79. The first-order valence-electron chi connectivity index (χ1n) is 5.57. The molecule has 0 aromatic carbocycles. The lowest BCUT2D eigenvalue weighted by molar-refractivity contribution is 0.0206. The van der Waals surface area contributed by atoms with Crippen LogP contribution < -0.4 is 0 Å². The topological polar surface area (TPSA) is 29.5 Å². The predicted molar refractivity (Wildman–Crippen MR) is 63.0 cm³/mol. The maximum atomic E-state index is 11.9. The van der Waals surface area contributed by atoms with Gasteiger partial charge >= 0.3 is 6.09 Å². The van der Waals surface area contributed by atoms with Crippen LogP contribution in [-0.2, 0) is 4.74 Å². The van der Waals surface area contributed by atoms with Crippen LogP contribution in [0.1, 0.15) is 54.9 Å². The van der Waals surface area contributed by atoms with Crippen molar-refractivity contribution in [3.63, 3.8) is 0 Å². The second-order valence-electron chi connectivity index (χ2n) is 5.79. The third-order valence-electron chi connectivity index (χ3n) is 1.95. The fraction of sp³-hybridized carbons (Fsp3) is 0.917. The average molecular weight is 215 g/mol. The maximum absolute atomic E-state index is 11.9. The minimum atomic E-state index is -0.225. The normalized spacial score (nSPS) is 12.5. The lowest BCUT2D eigenvalue weighted by Crippen LogP contribution is -2.55. The van der Waals surface area contributed by atoms with E-state index < -0.39 is 0 Å². The fourth-order valence-corrected chi connectivity index (χ4v) is 1.81. The Kier molecular flexibility index (Phi) is 4.63. The number of carbonyl (C=O) groups excluding carboxylic acids is 1. The number of nitrogens with zero attached hydrogens (tertiary/aromatic N) is 1. The van der Waals surface area contributed by atoms with Gasteiger partial charge in [-0.25, -0.2) is 4.79 Å². The second kappa shape index (κ2) is 4.86. The molecule has 3 nitrogen and oxygen atoms in total. The van der Waals surface area contributed by atoms with E-state index in [1.54, 1.807) is 4.90 Å². The molecule has 0 aromatic rings. The van der Waals surface area contributed by atoms with Gasteiger partial charge in [0.2, 0.25) is 0 Å². The number of amides is 1. The van der Waals surface area contributed by atoms with Gasteiger partial charge < -0.3 is 4.74 Å². The van der Waals surface area contributed by atoms with E-state index in [1.165, 1.54) is 0 Å². The molecule has 0 aliphatic rings. The predicted octanol–water partition coefficient (Wildman–Crippen LogP) is 3.43. The molecule has 1 amide bonds. The summed E-state index contributed by atoms with van der Waals surface area (Å²) in [4.78, 5) is 13.7. The van der Waals surface area contributed by atoms with Crippen molar-refractivity contribution in [2.75, 3.05) is 6.61 Å².